The summed E-state index contributed by atoms with van der Waals surface area (Å²) < 4.78 is 58.8. The van der Waals surface area contributed by atoms with E-state index in [9.17, 15) is 21.9 Å². The van der Waals surface area contributed by atoms with E-state index in [4.69, 9.17) is 33.0 Å². The van der Waals surface area contributed by atoms with Crippen molar-refractivity contribution in [3.05, 3.63) is 82.1 Å². The molecule has 0 aliphatic heterocycles. The van der Waals surface area contributed by atoms with Gasteiger partial charge in [0.2, 0.25) is 5.91 Å². The highest BCUT2D eigenvalue weighted by Gasteiger charge is 2.49. The van der Waals surface area contributed by atoms with E-state index in [0.717, 1.165) is 38.2 Å². The third kappa shape index (κ3) is 7.89. The van der Waals surface area contributed by atoms with Crippen molar-refractivity contribution >= 4 is 60.4 Å². The van der Waals surface area contributed by atoms with Crippen molar-refractivity contribution in [1.29, 1.82) is 0 Å². The molecule has 264 valence electrons. The molecular formula is C33H39Cl2N5O7S2. The summed E-state index contributed by atoms with van der Waals surface area (Å²) in [5.74, 6) is 0.0588. The largest absolute Gasteiger partial charge is 0.394 e. The first kappa shape index (κ1) is 37.0. The molecule has 0 bridgehead atoms. The summed E-state index contributed by atoms with van der Waals surface area (Å²) in [5.41, 5.74) is -0.794. The van der Waals surface area contributed by atoms with Gasteiger partial charge in [-0.1, -0.05) is 61.0 Å². The van der Waals surface area contributed by atoms with Crippen LogP contribution in [0.5, 0.6) is 0 Å². The molecule has 16 heteroatoms. The number of hydrogen-bond acceptors (Lipinski definition) is 9. The summed E-state index contributed by atoms with van der Waals surface area (Å²) in [6, 6.07) is 12.2. The van der Waals surface area contributed by atoms with Crippen LogP contribution < -0.4 is 4.90 Å². The Kier molecular flexibility index (Phi) is 11.3. The first-order valence-corrected chi connectivity index (χ1v) is 20.2. The number of benzene rings is 2. The Morgan fingerprint density at radius 2 is 1.37 bits per heavy atom. The molecule has 1 amide bonds. The first-order chi connectivity index (χ1) is 23.2. The fourth-order valence-corrected chi connectivity index (χ4v) is 9.17. The molecule has 0 spiro atoms. The Hall–Kier alpha value is -3.27. The number of ether oxygens (including phenoxy) is 1. The third-order valence-corrected chi connectivity index (χ3v) is 12.0. The maximum absolute atomic E-state index is 15.8. The lowest BCUT2D eigenvalue weighted by atomic mass is 9.67. The summed E-state index contributed by atoms with van der Waals surface area (Å²) in [4.78, 5) is 17.0. The monoisotopic (exact) mass is 751 g/mol. The Morgan fingerprint density at radius 1 is 0.878 bits per heavy atom. The van der Waals surface area contributed by atoms with Gasteiger partial charge in [0.25, 0.3) is 0 Å². The highest BCUT2D eigenvalue weighted by Crippen LogP contribution is 2.47. The predicted octanol–water partition coefficient (Wildman–Crippen LogP) is 5.06. The molecule has 2 aromatic heterocycles. The number of aliphatic hydroxyl groups excluding tert-OH is 1. The van der Waals surface area contributed by atoms with E-state index in [1.807, 2.05) is 0 Å². The molecule has 2 aromatic carbocycles. The van der Waals surface area contributed by atoms with Gasteiger partial charge in [0.1, 0.15) is 5.41 Å². The highest BCUT2D eigenvalue weighted by molar-refractivity contribution is 7.91. The number of aliphatic hydroxyl groups is 1. The number of carbonyl (C=O) groups is 1. The van der Waals surface area contributed by atoms with Gasteiger partial charge >= 0.3 is 0 Å². The molecule has 1 aliphatic rings. The van der Waals surface area contributed by atoms with Crippen molar-refractivity contribution in [3.63, 3.8) is 0 Å². The van der Waals surface area contributed by atoms with E-state index in [-0.39, 0.29) is 57.0 Å². The number of carbonyl (C=O) groups excluding carboxylic acids is 1. The quantitative estimate of drug-likeness (QED) is 0.186. The molecule has 1 fully saturated rings. The molecule has 4 aromatic rings. The molecule has 1 saturated carbocycles. The maximum atomic E-state index is 15.8. The predicted molar refractivity (Wildman–Crippen MR) is 187 cm³/mol. The summed E-state index contributed by atoms with van der Waals surface area (Å²) >= 11 is 13.3. The van der Waals surface area contributed by atoms with Crippen molar-refractivity contribution in [2.45, 2.75) is 60.4 Å². The summed E-state index contributed by atoms with van der Waals surface area (Å²) in [6.45, 7) is 0.795. The van der Waals surface area contributed by atoms with Gasteiger partial charge in [-0.25, -0.2) is 21.7 Å². The average Bonchev–Trinajstić information content (AvgIpc) is 3.81. The van der Waals surface area contributed by atoms with Crippen LogP contribution in [0.15, 0.2) is 70.7 Å². The Morgan fingerprint density at radius 3 is 1.80 bits per heavy atom. The van der Waals surface area contributed by atoms with Gasteiger partial charge in [-0.05, 0) is 47.7 Å². The normalized spacial score (nSPS) is 14.4. The summed E-state index contributed by atoms with van der Waals surface area (Å²) in [6.07, 6.45) is 9.36. The van der Waals surface area contributed by atoms with Crippen molar-refractivity contribution in [2.75, 3.05) is 37.7 Å². The molecule has 0 radical (unpaired) electrons. The molecule has 0 saturated heterocycles. The van der Waals surface area contributed by atoms with Gasteiger partial charge in [0.15, 0.2) is 31.3 Å². The van der Waals surface area contributed by atoms with Gasteiger partial charge in [-0.3, -0.25) is 14.2 Å². The Balaban J connectivity index is 1.83. The lowest BCUT2D eigenvalue weighted by Gasteiger charge is -2.39. The van der Waals surface area contributed by atoms with Gasteiger partial charge in [-0.15, -0.1) is 0 Å². The molecule has 12 nitrogen and oxygen atoms in total. The van der Waals surface area contributed by atoms with Crippen molar-refractivity contribution in [3.8, 4) is 0 Å². The maximum Gasteiger partial charge on any atom is 0.249 e. The fourth-order valence-electron chi connectivity index (χ4n) is 6.51. The van der Waals surface area contributed by atoms with Crippen LogP contribution in [0.4, 0.5) is 11.6 Å². The zero-order valence-corrected chi connectivity index (χ0v) is 30.6. The molecule has 0 atom stereocenters. The van der Waals surface area contributed by atoms with E-state index in [1.54, 1.807) is 48.5 Å². The SMILES string of the molecule is COCCn1ccc(N(C(=O)C(CC2CCCC2)(c2ccc(S(C)(=O)=O)c(Cl)c2)c2ccc(S(C)(=O)=O)c(Cl)c2)c2ccn(CCO)n2)n1. The average molecular weight is 753 g/mol. The Labute approximate surface area is 296 Å². The second kappa shape index (κ2) is 14.9. The second-order valence-corrected chi connectivity index (χ2v) is 17.1. The van der Waals surface area contributed by atoms with Crippen LogP contribution in [-0.2, 0) is 47.7 Å². The van der Waals surface area contributed by atoms with Crippen LogP contribution in [0.3, 0.4) is 0 Å². The van der Waals surface area contributed by atoms with Crippen LogP contribution in [0.1, 0.15) is 43.2 Å². The molecule has 49 heavy (non-hydrogen) atoms. The number of nitrogens with zero attached hydrogens (tertiary/aromatic N) is 5. The molecule has 1 N–H and O–H groups in total. The molecule has 1 aliphatic carbocycles. The van der Waals surface area contributed by atoms with E-state index >= 15 is 4.79 Å². The van der Waals surface area contributed by atoms with Gasteiger partial charge < -0.3 is 9.84 Å². The topological polar surface area (TPSA) is 154 Å². The van der Waals surface area contributed by atoms with E-state index in [2.05, 4.69) is 5.10 Å². The minimum atomic E-state index is -3.71. The highest BCUT2D eigenvalue weighted by atomic mass is 35.5. The van der Waals surface area contributed by atoms with Crippen molar-refractivity contribution < 1.29 is 31.5 Å². The minimum absolute atomic E-state index is 0.0648. The van der Waals surface area contributed by atoms with Gasteiger partial charge in [-0.2, -0.15) is 10.2 Å². The van der Waals surface area contributed by atoms with E-state index in [1.165, 1.54) is 33.8 Å². The summed E-state index contributed by atoms with van der Waals surface area (Å²) in [7, 11) is -5.85. The number of sulfone groups is 2. The molecular weight excluding hydrogens is 713 g/mol. The van der Waals surface area contributed by atoms with E-state index in [0.29, 0.717) is 24.3 Å². The number of hydrogen-bond donors (Lipinski definition) is 1. The lowest BCUT2D eigenvalue weighted by Crippen LogP contribution is -2.47. The minimum Gasteiger partial charge on any atom is -0.394 e. The number of amides is 1. The van der Waals surface area contributed by atoms with Crippen LogP contribution in [0.25, 0.3) is 0 Å². The van der Waals surface area contributed by atoms with E-state index < -0.39 is 31.0 Å². The fraction of sp³-hybridized carbons (Fsp3) is 0.424. The second-order valence-electron chi connectivity index (χ2n) is 12.3. The molecule has 5 rings (SSSR count). The van der Waals surface area contributed by atoms with Crippen LogP contribution in [-0.4, -0.2) is 80.2 Å². The van der Waals surface area contributed by atoms with Gasteiger partial charge in [0, 0.05) is 44.1 Å². The number of rotatable bonds is 14. The number of aromatic nitrogens is 4. The standard InChI is InChI=1S/C33H39Cl2N5O7S2/c1-47-19-17-39-15-13-31(37-39)40(30-12-14-38(36-30)16-18-41)32(42)33(22-23-6-4-5-7-23,24-8-10-28(26(34)20-24)48(2,43)44)25-9-11-29(27(35)21-25)49(3,45)46/h8-15,20-21,23,41H,4-7,16-19,22H2,1-3H3. The number of anilines is 2. The summed E-state index contributed by atoms with van der Waals surface area (Å²) in [5, 5.41) is 18.8. The smallest absolute Gasteiger partial charge is 0.249 e. The third-order valence-electron chi connectivity index (χ3n) is 8.85. The Bertz CT molecular complexity index is 1960. The van der Waals surface area contributed by atoms with Gasteiger partial charge in [0.05, 0.1) is 46.1 Å². The van der Waals surface area contributed by atoms with Crippen LogP contribution in [0.2, 0.25) is 10.0 Å². The number of methoxy groups -OCH3 is 1. The van der Waals surface area contributed by atoms with Crippen LogP contribution >= 0.6 is 23.2 Å². The number of halogens is 2. The lowest BCUT2D eigenvalue weighted by molar-refractivity contribution is -0.122. The molecule has 0 unspecified atom stereocenters. The first-order valence-electron chi connectivity index (χ1n) is 15.7. The van der Waals surface area contributed by atoms with Crippen molar-refractivity contribution in [1.82, 2.24) is 19.6 Å². The van der Waals surface area contributed by atoms with Crippen molar-refractivity contribution in [2.24, 2.45) is 5.92 Å². The zero-order chi connectivity index (χ0) is 35.6. The zero-order valence-electron chi connectivity index (χ0n) is 27.4. The van der Waals surface area contributed by atoms with Crippen LogP contribution in [0, 0.1) is 5.92 Å². The molecule has 2 heterocycles.